The molecule has 150 valence electrons. The van der Waals surface area contributed by atoms with Gasteiger partial charge in [0.15, 0.2) is 0 Å². The highest BCUT2D eigenvalue weighted by Crippen LogP contribution is 2.32. The highest BCUT2D eigenvalue weighted by atomic mass is 19.3. The Hall–Kier alpha value is -3.69. The molecule has 8 nitrogen and oxygen atoms in total. The molecule has 0 aliphatic heterocycles. The molecule has 3 rings (SSSR count). The van der Waals surface area contributed by atoms with Crippen molar-refractivity contribution in [2.45, 2.75) is 19.8 Å². The molecule has 0 bridgehead atoms. The second-order valence-corrected chi connectivity index (χ2v) is 6.15. The molecule has 0 saturated heterocycles. The SMILES string of the molecule is COc1nccc(-c2cnc(NC(C)=O)cc2Nc2cccc(C(C)(F)F)n2)n1. The summed E-state index contributed by atoms with van der Waals surface area (Å²) in [5, 5.41) is 5.58. The summed E-state index contributed by atoms with van der Waals surface area (Å²) in [5.41, 5.74) is 1.10. The number of methoxy groups -OCH3 is 1. The van der Waals surface area contributed by atoms with Crippen molar-refractivity contribution in [2.75, 3.05) is 17.7 Å². The number of rotatable bonds is 6. The van der Waals surface area contributed by atoms with Crippen LogP contribution in [0.25, 0.3) is 11.3 Å². The van der Waals surface area contributed by atoms with Crippen molar-refractivity contribution in [3.63, 3.8) is 0 Å². The molecule has 0 radical (unpaired) electrons. The van der Waals surface area contributed by atoms with Crippen LogP contribution in [-0.2, 0) is 10.7 Å². The smallest absolute Gasteiger partial charge is 0.316 e. The summed E-state index contributed by atoms with van der Waals surface area (Å²) in [7, 11) is 1.44. The van der Waals surface area contributed by atoms with Crippen molar-refractivity contribution in [3.8, 4) is 17.3 Å². The first-order valence-electron chi connectivity index (χ1n) is 8.53. The van der Waals surface area contributed by atoms with Crippen LogP contribution in [0.3, 0.4) is 0 Å². The van der Waals surface area contributed by atoms with Crippen molar-refractivity contribution in [2.24, 2.45) is 0 Å². The van der Waals surface area contributed by atoms with Gasteiger partial charge in [0.2, 0.25) is 5.91 Å². The minimum Gasteiger partial charge on any atom is -0.467 e. The number of amides is 1. The Kier molecular flexibility index (Phi) is 5.62. The van der Waals surface area contributed by atoms with Gasteiger partial charge in [-0.05, 0) is 18.2 Å². The van der Waals surface area contributed by atoms with E-state index in [0.717, 1.165) is 6.92 Å². The Balaban J connectivity index is 2.05. The van der Waals surface area contributed by atoms with Crippen LogP contribution < -0.4 is 15.4 Å². The Labute approximate surface area is 165 Å². The van der Waals surface area contributed by atoms with Crippen molar-refractivity contribution in [3.05, 3.63) is 48.4 Å². The summed E-state index contributed by atoms with van der Waals surface area (Å²) >= 11 is 0. The van der Waals surface area contributed by atoms with Crippen LogP contribution in [0.15, 0.2) is 42.7 Å². The number of aromatic nitrogens is 4. The van der Waals surface area contributed by atoms with Crippen LogP contribution in [0.2, 0.25) is 0 Å². The standard InChI is InChI=1S/C19H18F2N6O2/c1-11(28)24-17-9-14(25-16-6-4-5-15(27-16)19(2,20)21)12(10-23-17)13-7-8-22-18(26-13)29-3/h4-10H,1-3H3,(H2,23,24,25,27,28). The summed E-state index contributed by atoms with van der Waals surface area (Å²) in [4.78, 5) is 27.8. The van der Waals surface area contributed by atoms with E-state index in [1.54, 1.807) is 18.2 Å². The average molecular weight is 400 g/mol. The molecule has 1 amide bonds. The molecule has 0 saturated carbocycles. The zero-order valence-electron chi connectivity index (χ0n) is 15.9. The summed E-state index contributed by atoms with van der Waals surface area (Å²) in [6, 6.07) is 7.64. The van der Waals surface area contributed by atoms with Gasteiger partial charge in [-0.15, -0.1) is 0 Å². The molecule has 2 N–H and O–H groups in total. The normalized spacial score (nSPS) is 11.1. The molecule has 0 aliphatic carbocycles. The number of ether oxygens (including phenoxy) is 1. The number of hydrogen-bond donors (Lipinski definition) is 2. The second kappa shape index (κ2) is 8.13. The first kappa shape index (κ1) is 20.1. The van der Waals surface area contributed by atoms with E-state index in [-0.39, 0.29) is 29.2 Å². The molecule has 3 aromatic rings. The Morgan fingerprint density at radius 2 is 1.93 bits per heavy atom. The molecule has 29 heavy (non-hydrogen) atoms. The number of hydrogen-bond acceptors (Lipinski definition) is 7. The van der Waals surface area contributed by atoms with Crippen LogP contribution in [0.5, 0.6) is 6.01 Å². The second-order valence-electron chi connectivity index (χ2n) is 6.15. The minimum atomic E-state index is -3.08. The van der Waals surface area contributed by atoms with E-state index in [1.165, 1.54) is 38.6 Å². The predicted octanol–water partition coefficient (Wildman–Crippen LogP) is 3.76. The van der Waals surface area contributed by atoms with Crippen LogP contribution in [0.1, 0.15) is 19.5 Å². The van der Waals surface area contributed by atoms with E-state index >= 15 is 0 Å². The quantitative estimate of drug-likeness (QED) is 0.650. The van der Waals surface area contributed by atoms with E-state index in [0.29, 0.717) is 16.9 Å². The summed E-state index contributed by atoms with van der Waals surface area (Å²) in [6.07, 6.45) is 3.01. The number of carbonyl (C=O) groups excluding carboxylic acids is 1. The van der Waals surface area contributed by atoms with Crippen molar-refractivity contribution < 1.29 is 18.3 Å². The van der Waals surface area contributed by atoms with Gasteiger partial charge in [0, 0.05) is 37.9 Å². The molecule has 0 aromatic carbocycles. The van der Waals surface area contributed by atoms with E-state index in [2.05, 4.69) is 30.6 Å². The van der Waals surface area contributed by atoms with Crippen molar-refractivity contribution in [1.82, 2.24) is 19.9 Å². The lowest BCUT2D eigenvalue weighted by atomic mass is 10.1. The van der Waals surface area contributed by atoms with Crippen molar-refractivity contribution in [1.29, 1.82) is 0 Å². The summed E-state index contributed by atoms with van der Waals surface area (Å²) in [5.74, 6) is -2.90. The van der Waals surface area contributed by atoms with Gasteiger partial charge in [0.25, 0.3) is 5.92 Å². The van der Waals surface area contributed by atoms with Gasteiger partial charge >= 0.3 is 6.01 Å². The molecular weight excluding hydrogens is 382 g/mol. The topological polar surface area (TPSA) is 102 Å². The molecule has 0 atom stereocenters. The lowest BCUT2D eigenvalue weighted by Crippen LogP contribution is -2.11. The fraction of sp³-hybridized carbons (Fsp3) is 0.211. The largest absolute Gasteiger partial charge is 0.467 e. The maximum absolute atomic E-state index is 13.6. The van der Waals surface area contributed by atoms with Gasteiger partial charge < -0.3 is 15.4 Å². The molecule has 3 heterocycles. The maximum Gasteiger partial charge on any atom is 0.316 e. The molecule has 0 spiro atoms. The van der Waals surface area contributed by atoms with Gasteiger partial charge in [-0.2, -0.15) is 13.8 Å². The maximum atomic E-state index is 13.6. The monoisotopic (exact) mass is 400 g/mol. The van der Waals surface area contributed by atoms with E-state index in [9.17, 15) is 13.6 Å². The van der Waals surface area contributed by atoms with E-state index < -0.39 is 5.92 Å². The highest BCUT2D eigenvalue weighted by Gasteiger charge is 2.26. The van der Waals surface area contributed by atoms with Crippen molar-refractivity contribution >= 4 is 23.2 Å². The number of pyridine rings is 2. The molecule has 10 heteroatoms. The predicted molar refractivity (Wildman–Crippen MR) is 103 cm³/mol. The molecule has 0 unspecified atom stereocenters. The summed E-state index contributed by atoms with van der Waals surface area (Å²) in [6.45, 7) is 2.13. The van der Waals surface area contributed by atoms with Crippen LogP contribution in [0.4, 0.5) is 26.1 Å². The third-order valence-electron chi connectivity index (χ3n) is 3.76. The van der Waals surface area contributed by atoms with Gasteiger partial charge in [-0.3, -0.25) is 4.79 Å². The Morgan fingerprint density at radius 3 is 2.62 bits per heavy atom. The highest BCUT2D eigenvalue weighted by molar-refractivity contribution is 5.89. The van der Waals surface area contributed by atoms with Gasteiger partial charge in [-0.1, -0.05) is 6.07 Å². The summed E-state index contributed by atoms with van der Waals surface area (Å²) < 4.78 is 32.3. The molecule has 3 aromatic heterocycles. The Morgan fingerprint density at radius 1 is 1.14 bits per heavy atom. The average Bonchev–Trinajstić information content (AvgIpc) is 2.67. The lowest BCUT2D eigenvalue weighted by molar-refractivity contribution is -0.114. The number of halogens is 2. The lowest BCUT2D eigenvalue weighted by Gasteiger charge is -2.15. The number of carbonyl (C=O) groups is 1. The van der Waals surface area contributed by atoms with E-state index in [1.807, 2.05) is 0 Å². The zero-order valence-corrected chi connectivity index (χ0v) is 15.9. The van der Waals surface area contributed by atoms with Crippen LogP contribution in [0, 0.1) is 0 Å². The first-order chi connectivity index (χ1) is 13.8. The number of anilines is 3. The van der Waals surface area contributed by atoms with E-state index in [4.69, 9.17) is 4.74 Å². The van der Waals surface area contributed by atoms with Crippen LogP contribution in [-0.4, -0.2) is 33.0 Å². The number of nitrogens with zero attached hydrogens (tertiary/aromatic N) is 4. The number of nitrogens with one attached hydrogen (secondary N) is 2. The Bertz CT molecular complexity index is 1040. The van der Waals surface area contributed by atoms with Crippen LogP contribution >= 0.6 is 0 Å². The van der Waals surface area contributed by atoms with Gasteiger partial charge in [0.1, 0.15) is 17.3 Å². The molecule has 0 fully saturated rings. The third-order valence-corrected chi connectivity index (χ3v) is 3.76. The number of alkyl halides is 2. The molecule has 0 aliphatic rings. The first-order valence-corrected chi connectivity index (χ1v) is 8.53. The third kappa shape index (κ3) is 4.98. The molecular formula is C19H18F2N6O2. The minimum absolute atomic E-state index is 0.158. The van der Waals surface area contributed by atoms with Gasteiger partial charge in [0.05, 0.1) is 18.5 Å². The zero-order chi connectivity index (χ0) is 21.0. The fourth-order valence-corrected chi connectivity index (χ4v) is 2.49. The van der Waals surface area contributed by atoms with Gasteiger partial charge in [-0.25, -0.2) is 15.0 Å². The fourth-order valence-electron chi connectivity index (χ4n) is 2.49.